The number of thiophene rings is 1. The van der Waals surface area contributed by atoms with Crippen LogP contribution in [0.5, 0.6) is 0 Å². The molecule has 6 heteroatoms. The van der Waals surface area contributed by atoms with E-state index in [9.17, 15) is 0 Å². The number of hydrogen-bond donors (Lipinski definition) is 0. The molecule has 3 aromatic carbocycles. The number of nitrogens with zero attached hydrogens (tertiary/aromatic N) is 2. The van der Waals surface area contributed by atoms with E-state index in [-0.39, 0.29) is 20.1 Å². The van der Waals surface area contributed by atoms with Gasteiger partial charge in [0.25, 0.3) is 0 Å². The van der Waals surface area contributed by atoms with E-state index < -0.39 is 27.2 Å². The van der Waals surface area contributed by atoms with Crippen LogP contribution in [0.2, 0.25) is 36.9 Å². The van der Waals surface area contributed by atoms with Crippen LogP contribution in [0.4, 0.5) is 0 Å². The quantitative estimate of drug-likeness (QED) is 0.128. The number of aromatic nitrogens is 2. The third-order valence-corrected chi connectivity index (χ3v) is 15.0. The van der Waals surface area contributed by atoms with Crippen molar-refractivity contribution in [3.05, 3.63) is 109 Å². The maximum absolute atomic E-state index is 8.33. The van der Waals surface area contributed by atoms with E-state index in [1.165, 1.54) is 29.8 Å². The van der Waals surface area contributed by atoms with Crippen molar-refractivity contribution in [2.75, 3.05) is 0 Å². The summed E-state index contributed by atoms with van der Waals surface area (Å²) in [6, 6.07) is 34.0. The SMILES string of the molecule is C[Si](C)(C)c1ccc(-c2[c-]cccc2)nc1.[2H]C(C)(C)c1ccnc(-c2[c-]ccc3c2sc2c[c]([Ge]([CH3])([CH3])[CH3])ccc23)c1.[Ir]. The molecule has 3 aromatic heterocycles. The molecule has 0 aliphatic heterocycles. The first-order valence-electron chi connectivity index (χ1n) is 15.0. The molecule has 223 valence electrons. The van der Waals surface area contributed by atoms with Crippen LogP contribution in [0.3, 0.4) is 0 Å². The maximum Gasteiger partial charge on any atom is 0 e. The van der Waals surface area contributed by atoms with Gasteiger partial charge >= 0.3 is 164 Å². The van der Waals surface area contributed by atoms with Crippen molar-refractivity contribution in [1.29, 1.82) is 0 Å². The first-order valence-corrected chi connectivity index (χ1v) is 26.2. The molecule has 0 N–H and O–H groups in total. The summed E-state index contributed by atoms with van der Waals surface area (Å²) < 4.78 is 12.5. The molecule has 0 spiro atoms. The van der Waals surface area contributed by atoms with E-state index in [2.05, 4.69) is 95.4 Å². The molecule has 0 unspecified atom stereocenters. The zero-order chi connectivity index (χ0) is 31.0. The smallest absolute Gasteiger partial charge is 0 e. The molecule has 0 aliphatic rings. The van der Waals surface area contributed by atoms with Crippen molar-refractivity contribution in [2.24, 2.45) is 0 Å². The van der Waals surface area contributed by atoms with E-state index in [1.807, 2.05) is 80.0 Å². The molecular weight excluding hydrogens is 797 g/mol. The molecule has 0 aliphatic carbocycles. The Labute approximate surface area is 280 Å². The monoisotopic (exact) mass is 840 g/mol. The summed E-state index contributed by atoms with van der Waals surface area (Å²) in [6.45, 7) is 10.8. The zero-order valence-electron chi connectivity index (χ0n) is 27.3. The standard InChI is InChI=1S/C23H24GeNS.C14H16NSi.Ir/c1-15(2)16-11-12-25-21(13-16)20-8-6-7-19-18-10-9-17(24(3,4)5)14-22(18)26-23(19)20;1-16(2,3)13-9-10-14(15-11-13)12-7-5-4-6-8-12;/h6-7,9-15H,1-5H3;4-7,9-11H,1-3H3;/q2*-1;/i15D;;. The van der Waals surface area contributed by atoms with E-state index in [4.69, 9.17) is 1.37 Å². The van der Waals surface area contributed by atoms with Crippen LogP contribution in [0, 0.1) is 12.1 Å². The minimum atomic E-state index is -1.86. The van der Waals surface area contributed by atoms with Gasteiger partial charge in [0.1, 0.15) is 0 Å². The van der Waals surface area contributed by atoms with Gasteiger partial charge in [-0.2, -0.15) is 0 Å². The van der Waals surface area contributed by atoms with Crippen LogP contribution in [0.1, 0.15) is 26.7 Å². The zero-order valence-corrected chi connectivity index (χ0v) is 32.6. The molecule has 6 rings (SSSR count). The largest absolute Gasteiger partial charge is 0 e. The van der Waals surface area contributed by atoms with Gasteiger partial charge in [-0.25, -0.2) is 0 Å². The summed E-state index contributed by atoms with van der Waals surface area (Å²) >= 11 is -0.0169. The summed E-state index contributed by atoms with van der Waals surface area (Å²) in [6.07, 6.45) is 3.83. The molecule has 0 fully saturated rings. The molecule has 0 amide bonds. The van der Waals surface area contributed by atoms with Crippen LogP contribution in [-0.4, -0.2) is 31.3 Å². The fourth-order valence-electron chi connectivity index (χ4n) is 4.83. The van der Waals surface area contributed by atoms with Gasteiger partial charge in [-0.15, -0.1) is 35.9 Å². The van der Waals surface area contributed by atoms with Gasteiger partial charge in [-0.3, -0.25) is 0 Å². The Bertz CT molecular complexity index is 1870. The van der Waals surface area contributed by atoms with E-state index in [0.29, 0.717) is 0 Å². The Morgan fingerprint density at radius 3 is 2.26 bits per heavy atom. The fraction of sp³-hybridized carbons (Fsp3) is 0.243. The third kappa shape index (κ3) is 7.82. The summed E-state index contributed by atoms with van der Waals surface area (Å²) in [5, 5.41) is 3.99. The van der Waals surface area contributed by atoms with Crippen LogP contribution in [0.25, 0.3) is 42.7 Å². The molecule has 6 aromatic rings. The Morgan fingerprint density at radius 2 is 1.63 bits per heavy atom. The molecule has 0 bridgehead atoms. The van der Waals surface area contributed by atoms with Gasteiger partial charge < -0.3 is 4.98 Å². The molecule has 3 heterocycles. The van der Waals surface area contributed by atoms with Gasteiger partial charge in [0.05, 0.1) is 8.07 Å². The van der Waals surface area contributed by atoms with Crippen LogP contribution in [-0.2, 0) is 20.1 Å². The molecule has 2 nitrogen and oxygen atoms in total. The third-order valence-electron chi connectivity index (χ3n) is 7.51. The van der Waals surface area contributed by atoms with Crippen molar-refractivity contribution < 1.29 is 21.5 Å². The molecule has 0 atom stereocenters. The fourth-order valence-corrected chi connectivity index (χ4v) is 9.76. The summed E-state index contributed by atoms with van der Waals surface area (Å²) in [7, 11) is -1.23. The number of benzene rings is 3. The Hall–Kier alpha value is -2.41. The summed E-state index contributed by atoms with van der Waals surface area (Å²) in [5.74, 6) is 6.67. The average Bonchev–Trinajstić information content (AvgIpc) is 3.35. The van der Waals surface area contributed by atoms with Crippen LogP contribution >= 0.6 is 11.3 Å². The molecule has 1 radical (unpaired) electrons. The molecular formula is C37H40GeIrN2SSi-2. The van der Waals surface area contributed by atoms with Crippen LogP contribution < -0.4 is 9.58 Å². The minimum absolute atomic E-state index is 0. The Kier molecular flexibility index (Phi) is 10.2. The van der Waals surface area contributed by atoms with Gasteiger partial charge in [0.15, 0.2) is 0 Å². The second kappa shape index (κ2) is 13.7. The van der Waals surface area contributed by atoms with Gasteiger partial charge in [-0.1, -0.05) is 31.8 Å². The van der Waals surface area contributed by atoms with Gasteiger partial charge in [0.2, 0.25) is 0 Å². The van der Waals surface area contributed by atoms with Gasteiger partial charge in [0, 0.05) is 26.3 Å². The topological polar surface area (TPSA) is 25.8 Å². The van der Waals surface area contributed by atoms with Crippen molar-refractivity contribution in [3.63, 3.8) is 0 Å². The maximum atomic E-state index is 8.33. The van der Waals surface area contributed by atoms with E-state index in [0.717, 1.165) is 28.1 Å². The van der Waals surface area contributed by atoms with Crippen molar-refractivity contribution >= 4 is 62.4 Å². The molecule has 43 heavy (non-hydrogen) atoms. The molecule has 0 saturated carbocycles. The number of hydrogen-bond acceptors (Lipinski definition) is 3. The van der Waals surface area contributed by atoms with Gasteiger partial charge in [-0.05, 0) is 10.9 Å². The van der Waals surface area contributed by atoms with Crippen molar-refractivity contribution in [3.8, 4) is 22.5 Å². The first kappa shape index (κ1) is 32.0. The average molecular weight is 839 g/mol. The first-order chi connectivity index (χ1) is 20.2. The number of fused-ring (bicyclic) bond motifs is 3. The summed E-state index contributed by atoms with van der Waals surface area (Å²) in [5.41, 5.74) is 4.98. The Morgan fingerprint density at radius 1 is 0.837 bits per heavy atom. The predicted molar refractivity (Wildman–Crippen MR) is 190 cm³/mol. The number of pyridine rings is 2. The second-order valence-corrected chi connectivity index (χ2v) is 29.8. The molecule has 0 saturated heterocycles. The minimum Gasteiger partial charge on any atom is 0 e. The second-order valence-electron chi connectivity index (χ2n) is 13.0. The van der Waals surface area contributed by atoms with Crippen molar-refractivity contribution in [1.82, 2.24) is 9.97 Å². The summed E-state index contributed by atoms with van der Waals surface area (Å²) in [4.78, 5) is 9.12. The van der Waals surface area contributed by atoms with E-state index >= 15 is 0 Å². The normalized spacial score (nSPS) is 12.3. The van der Waals surface area contributed by atoms with Crippen LogP contribution in [0.15, 0.2) is 91.3 Å². The number of rotatable bonds is 5. The Balaban J connectivity index is 0.000000223. The predicted octanol–water partition coefficient (Wildman–Crippen LogP) is 9.68. The van der Waals surface area contributed by atoms with Crippen molar-refractivity contribution in [2.45, 2.75) is 56.7 Å². The van der Waals surface area contributed by atoms with E-state index in [1.54, 1.807) is 0 Å².